The summed E-state index contributed by atoms with van der Waals surface area (Å²) in [5, 5.41) is 3.98. The van der Waals surface area contributed by atoms with Crippen LogP contribution in [0.2, 0.25) is 0 Å². The van der Waals surface area contributed by atoms with Crippen molar-refractivity contribution in [3.8, 4) is 0 Å². The molecule has 19 heavy (non-hydrogen) atoms. The lowest BCUT2D eigenvalue weighted by molar-refractivity contribution is -0.0545. The minimum Gasteiger partial charge on any atom is -0.329 e. The summed E-state index contributed by atoms with van der Waals surface area (Å²) in [7, 11) is 0. The van der Waals surface area contributed by atoms with Crippen LogP contribution in [0.3, 0.4) is 0 Å². The van der Waals surface area contributed by atoms with Gasteiger partial charge in [0.2, 0.25) is 0 Å². The van der Waals surface area contributed by atoms with Gasteiger partial charge in [0.1, 0.15) is 0 Å². The van der Waals surface area contributed by atoms with E-state index in [1.54, 1.807) is 19.3 Å². The quantitative estimate of drug-likeness (QED) is 0.817. The Morgan fingerprint density at radius 1 is 0.895 bits per heavy atom. The molecule has 0 aromatic carbocycles. The summed E-state index contributed by atoms with van der Waals surface area (Å²) in [5.41, 5.74) is 7.06. The Bertz CT molecular complexity index is 308. The van der Waals surface area contributed by atoms with Crippen LogP contribution >= 0.6 is 0 Å². The van der Waals surface area contributed by atoms with Crippen LogP contribution in [0.15, 0.2) is 0 Å². The number of rotatable bonds is 4. The van der Waals surface area contributed by atoms with Crippen molar-refractivity contribution in [1.82, 2.24) is 5.32 Å². The highest BCUT2D eigenvalue weighted by molar-refractivity contribution is 5.04. The van der Waals surface area contributed by atoms with Crippen molar-refractivity contribution in [2.24, 2.45) is 28.9 Å². The highest BCUT2D eigenvalue weighted by Gasteiger charge is 2.51. The van der Waals surface area contributed by atoms with Gasteiger partial charge >= 0.3 is 0 Å². The zero-order chi connectivity index (χ0) is 12.9. The molecule has 0 atom stereocenters. The van der Waals surface area contributed by atoms with Crippen molar-refractivity contribution in [2.75, 3.05) is 13.1 Å². The average molecular weight is 262 g/mol. The normalized spacial score (nSPS) is 46.9. The number of hydrogen-bond donors (Lipinski definition) is 2. The molecule has 4 bridgehead atoms. The van der Waals surface area contributed by atoms with Crippen LogP contribution in [0, 0.1) is 23.2 Å². The van der Waals surface area contributed by atoms with Crippen LogP contribution in [0.4, 0.5) is 0 Å². The minimum atomic E-state index is 0.309. The van der Waals surface area contributed by atoms with E-state index in [0.29, 0.717) is 11.0 Å². The molecule has 0 aromatic rings. The fourth-order valence-electron chi connectivity index (χ4n) is 6.39. The SMILES string of the molecule is NCC1(NCC23CC4CC(CC(C4)C2)C3)CCCC1. The van der Waals surface area contributed by atoms with E-state index in [1.807, 2.05) is 0 Å². The highest BCUT2D eigenvalue weighted by Crippen LogP contribution is 2.59. The Morgan fingerprint density at radius 3 is 1.89 bits per heavy atom. The summed E-state index contributed by atoms with van der Waals surface area (Å²) in [5.74, 6) is 3.22. The molecule has 0 heterocycles. The van der Waals surface area contributed by atoms with Crippen molar-refractivity contribution in [2.45, 2.75) is 69.7 Å². The van der Waals surface area contributed by atoms with Gasteiger partial charge in [0.25, 0.3) is 0 Å². The number of hydrogen-bond acceptors (Lipinski definition) is 2. The third kappa shape index (κ3) is 2.15. The molecular formula is C17H30N2. The third-order valence-electron chi connectivity index (χ3n) is 6.95. The molecule has 0 aromatic heterocycles. The molecule has 0 spiro atoms. The van der Waals surface area contributed by atoms with E-state index in [-0.39, 0.29) is 0 Å². The molecule has 0 unspecified atom stereocenters. The topological polar surface area (TPSA) is 38.0 Å². The lowest BCUT2D eigenvalue weighted by Gasteiger charge is -2.57. The Hall–Kier alpha value is -0.0800. The van der Waals surface area contributed by atoms with Gasteiger partial charge in [-0.3, -0.25) is 0 Å². The van der Waals surface area contributed by atoms with Crippen LogP contribution in [-0.2, 0) is 0 Å². The van der Waals surface area contributed by atoms with Crippen molar-refractivity contribution in [1.29, 1.82) is 0 Å². The summed E-state index contributed by atoms with van der Waals surface area (Å²) in [6.45, 7) is 2.12. The lowest BCUT2D eigenvalue weighted by atomic mass is 9.49. The van der Waals surface area contributed by atoms with E-state index in [0.717, 1.165) is 24.3 Å². The van der Waals surface area contributed by atoms with Gasteiger partial charge in [-0.05, 0) is 74.5 Å². The van der Waals surface area contributed by atoms with Gasteiger partial charge in [-0.25, -0.2) is 0 Å². The van der Waals surface area contributed by atoms with Crippen molar-refractivity contribution in [3.63, 3.8) is 0 Å². The summed E-state index contributed by atoms with van der Waals surface area (Å²) in [6, 6.07) is 0. The number of nitrogens with one attached hydrogen (secondary N) is 1. The van der Waals surface area contributed by atoms with Crippen molar-refractivity contribution in [3.05, 3.63) is 0 Å². The van der Waals surface area contributed by atoms with E-state index < -0.39 is 0 Å². The lowest BCUT2D eigenvalue weighted by Crippen LogP contribution is -2.56. The van der Waals surface area contributed by atoms with Crippen LogP contribution in [0.5, 0.6) is 0 Å². The van der Waals surface area contributed by atoms with Crippen LogP contribution in [-0.4, -0.2) is 18.6 Å². The minimum absolute atomic E-state index is 0.309. The summed E-state index contributed by atoms with van der Waals surface area (Å²) < 4.78 is 0. The summed E-state index contributed by atoms with van der Waals surface area (Å²) in [4.78, 5) is 0. The Balaban J connectivity index is 1.45. The van der Waals surface area contributed by atoms with Crippen LogP contribution < -0.4 is 11.1 Å². The molecular weight excluding hydrogens is 232 g/mol. The van der Waals surface area contributed by atoms with Crippen molar-refractivity contribution >= 4 is 0 Å². The van der Waals surface area contributed by atoms with Crippen LogP contribution in [0.1, 0.15) is 64.2 Å². The van der Waals surface area contributed by atoms with Gasteiger partial charge in [0.05, 0.1) is 0 Å². The first kappa shape index (κ1) is 12.6. The molecule has 5 rings (SSSR count). The van der Waals surface area contributed by atoms with E-state index in [9.17, 15) is 0 Å². The first-order valence-corrected chi connectivity index (χ1v) is 8.66. The molecule has 5 fully saturated rings. The molecule has 3 N–H and O–H groups in total. The fourth-order valence-corrected chi connectivity index (χ4v) is 6.39. The molecule has 108 valence electrons. The molecule has 5 aliphatic rings. The number of nitrogens with two attached hydrogens (primary N) is 1. The molecule has 0 saturated heterocycles. The zero-order valence-electron chi connectivity index (χ0n) is 12.3. The predicted octanol–water partition coefficient (Wildman–Crippen LogP) is 3.06. The van der Waals surface area contributed by atoms with Gasteiger partial charge in [-0.1, -0.05) is 12.8 Å². The van der Waals surface area contributed by atoms with Gasteiger partial charge < -0.3 is 11.1 Å². The van der Waals surface area contributed by atoms with Gasteiger partial charge in [-0.2, -0.15) is 0 Å². The largest absolute Gasteiger partial charge is 0.329 e. The maximum atomic E-state index is 6.08. The molecule has 5 saturated carbocycles. The van der Waals surface area contributed by atoms with Gasteiger partial charge in [0, 0.05) is 18.6 Å². The Morgan fingerprint density at radius 2 is 1.42 bits per heavy atom. The summed E-state index contributed by atoms with van der Waals surface area (Å²) in [6.07, 6.45) is 14.6. The molecule has 2 heteroatoms. The maximum Gasteiger partial charge on any atom is 0.0304 e. The molecule has 0 amide bonds. The van der Waals surface area contributed by atoms with E-state index in [1.165, 1.54) is 51.5 Å². The predicted molar refractivity (Wildman–Crippen MR) is 78.9 cm³/mol. The second-order valence-corrected chi connectivity index (χ2v) is 8.46. The van der Waals surface area contributed by atoms with Gasteiger partial charge in [-0.15, -0.1) is 0 Å². The van der Waals surface area contributed by atoms with E-state index in [2.05, 4.69) is 5.32 Å². The zero-order valence-corrected chi connectivity index (χ0v) is 12.3. The molecule has 0 radical (unpaired) electrons. The fraction of sp³-hybridized carbons (Fsp3) is 1.00. The molecule has 2 nitrogen and oxygen atoms in total. The van der Waals surface area contributed by atoms with E-state index >= 15 is 0 Å². The molecule has 0 aliphatic heterocycles. The monoisotopic (exact) mass is 262 g/mol. The first-order chi connectivity index (χ1) is 9.21. The second-order valence-electron chi connectivity index (χ2n) is 8.46. The van der Waals surface area contributed by atoms with Crippen LogP contribution in [0.25, 0.3) is 0 Å². The smallest absolute Gasteiger partial charge is 0.0304 e. The Labute approximate surface area is 117 Å². The maximum absolute atomic E-state index is 6.08. The second kappa shape index (κ2) is 4.46. The van der Waals surface area contributed by atoms with E-state index in [4.69, 9.17) is 5.73 Å². The summed E-state index contributed by atoms with van der Waals surface area (Å²) >= 11 is 0. The average Bonchev–Trinajstić information content (AvgIpc) is 2.84. The van der Waals surface area contributed by atoms with Crippen molar-refractivity contribution < 1.29 is 0 Å². The Kier molecular flexibility index (Phi) is 2.97. The molecule has 5 aliphatic carbocycles. The van der Waals surface area contributed by atoms with Gasteiger partial charge in [0.15, 0.2) is 0 Å². The third-order valence-corrected chi connectivity index (χ3v) is 6.95. The highest BCUT2D eigenvalue weighted by atomic mass is 15.0. The first-order valence-electron chi connectivity index (χ1n) is 8.66. The standard InChI is InChI=1S/C17H30N2/c18-11-17(3-1-2-4-17)19-12-16-8-13-5-14(9-16)7-15(6-13)10-16/h13-15,19H,1-12,18H2.